The van der Waals surface area contributed by atoms with Crippen LogP contribution in [0.3, 0.4) is 0 Å². The number of hydrogen-bond donors (Lipinski definition) is 3. The molecule has 0 saturated heterocycles. The van der Waals surface area contributed by atoms with Gasteiger partial charge in [-0.3, -0.25) is 29.9 Å². The zero-order valence-corrected chi connectivity index (χ0v) is 19.3. The maximum Gasteiger partial charge on any atom is 0.140 e. The van der Waals surface area contributed by atoms with Crippen molar-refractivity contribution < 1.29 is 15.3 Å². The molecule has 0 bridgehead atoms. The van der Waals surface area contributed by atoms with E-state index in [9.17, 15) is 15.3 Å². The third kappa shape index (κ3) is 6.15. The molecular weight excluding hydrogens is 456 g/mol. The van der Waals surface area contributed by atoms with Crippen LogP contribution >= 0.6 is 0 Å². The van der Waals surface area contributed by atoms with Crippen molar-refractivity contribution in [3.05, 3.63) is 107 Å². The minimum absolute atomic E-state index is 0.0299. The van der Waals surface area contributed by atoms with Crippen LogP contribution in [0.15, 0.2) is 88.2 Å². The molecule has 4 aromatic rings. The van der Waals surface area contributed by atoms with Crippen molar-refractivity contribution >= 4 is 18.6 Å². The number of phenols is 3. The van der Waals surface area contributed by atoms with Gasteiger partial charge in [0.05, 0.1) is 53.4 Å². The monoisotopic (exact) mass is 480 g/mol. The van der Waals surface area contributed by atoms with Crippen LogP contribution in [0.2, 0.25) is 0 Å². The molecule has 0 amide bonds. The highest BCUT2D eigenvalue weighted by Crippen LogP contribution is 2.39. The number of benzene rings is 1. The van der Waals surface area contributed by atoms with Crippen LogP contribution in [0, 0.1) is 0 Å². The third-order valence-electron chi connectivity index (χ3n) is 5.13. The fourth-order valence-electron chi connectivity index (χ4n) is 3.30. The van der Waals surface area contributed by atoms with Crippen molar-refractivity contribution in [2.75, 3.05) is 0 Å². The summed E-state index contributed by atoms with van der Waals surface area (Å²) in [5.41, 5.74) is 2.26. The Hall–Kier alpha value is -4.92. The molecular formula is C27H24N6O3. The van der Waals surface area contributed by atoms with E-state index in [2.05, 4.69) is 29.9 Å². The maximum atomic E-state index is 10.9. The Morgan fingerprint density at radius 3 is 1.06 bits per heavy atom. The molecule has 36 heavy (non-hydrogen) atoms. The van der Waals surface area contributed by atoms with E-state index in [0.29, 0.717) is 0 Å². The number of nitrogens with zero attached hydrogens (tertiary/aromatic N) is 6. The summed E-state index contributed by atoms with van der Waals surface area (Å²) in [6, 6.07) is 16.4. The van der Waals surface area contributed by atoms with Crippen LogP contribution in [0.25, 0.3) is 0 Å². The second kappa shape index (κ2) is 12.0. The van der Waals surface area contributed by atoms with Gasteiger partial charge >= 0.3 is 0 Å². The summed E-state index contributed by atoms with van der Waals surface area (Å²) in [5.74, 6) is -1.08. The van der Waals surface area contributed by atoms with Gasteiger partial charge in [-0.1, -0.05) is 18.2 Å². The number of phenolic OH excluding ortho intramolecular Hbond substituents is 3. The lowest BCUT2D eigenvalue weighted by atomic mass is 10.0. The van der Waals surface area contributed by atoms with Gasteiger partial charge in [-0.15, -0.1) is 0 Å². The topological polar surface area (TPSA) is 136 Å². The number of aromatic nitrogens is 3. The molecule has 0 aliphatic carbocycles. The zero-order chi connectivity index (χ0) is 25.2. The first-order valence-electron chi connectivity index (χ1n) is 11.1. The summed E-state index contributed by atoms with van der Waals surface area (Å²) in [4.78, 5) is 25.5. The van der Waals surface area contributed by atoms with Gasteiger partial charge in [0.2, 0.25) is 0 Å². The van der Waals surface area contributed by atoms with Gasteiger partial charge < -0.3 is 15.3 Å². The van der Waals surface area contributed by atoms with Gasteiger partial charge in [0.1, 0.15) is 17.2 Å². The molecule has 9 nitrogen and oxygen atoms in total. The molecule has 180 valence electrons. The Labute approximate surface area is 208 Å². The van der Waals surface area contributed by atoms with E-state index in [0.717, 1.165) is 17.1 Å². The van der Waals surface area contributed by atoms with Crippen LogP contribution in [-0.4, -0.2) is 48.9 Å². The third-order valence-corrected chi connectivity index (χ3v) is 5.13. The average molecular weight is 481 g/mol. The lowest BCUT2D eigenvalue weighted by Gasteiger charge is -2.12. The highest BCUT2D eigenvalue weighted by Gasteiger charge is 2.21. The van der Waals surface area contributed by atoms with Gasteiger partial charge in [0.25, 0.3) is 0 Å². The standard InChI is InChI=1S/C27H24N6O3/c34-25-22(16-28-13-19-7-1-4-10-31-19)26(35)24(18-30-15-21-9-3-6-12-33-21)27(36)23(25)17-29-14-20-8-2-5-11-32-20/h1-12,16-18,34-36H,13-15H2. The van der Waals surface area contributed by atoms with Crippen molar-refractivity contribution in [1.29, 1.82) is 0 Å². The van der Waals surface area contributed by atoms with Crippen molar-refractivity contribution in [1.82, 2.24) is 15.0 Å². The predicted octanol–water partition coefficient (Wildman–Crippen LogP) is 3.85. The molecule has 0 aliphatic heterocycles. The SMILES string of the molecule is Oc1c(C=NCc2ccccn2)c(O)c(C=NCc2ccccn2)c(O)c1C=NCc1ccccn1. The van der Waals surface area contributed by atoms with Gasteiger partial charge in [0.15, 0.2) is 0 Å². The van der Waals surface area contributed by atoms with E-state index in [1.165, 1.54) is 18.6 Å². The maximum absolute atomic E-state index is 10.9. The first-order chi connectivity index (χ1) is 17.6. The normalized spacial score (nSPS) is 11.7. The van der Waals surface area contributed by atoms with Crippen LogP contribution < -0.4 is 0 Å². The molecule has 0 aliphatic rings. The lowest BCUT2D eigenvalue weighted by molar-refractivity contribution is 0.424. The first-order valence-corrected chi connectivity index (χ1v) is 11.1. The Morgan fingerprint density at radius 2 is 0.806 bits per heavy atom. The van der Waals surface area contributed by atoms with E-state index in [1.807, 2.05) is 36.4 Å². The smallest absolute Gasteiger partial charge is 0.140 e. The Bertz CT molecular complexity index is 1180. The van der Waals surface area contributed by atoms with E-state index in [-0.39, 0.29) is 53.6 Å². The predicted molar refractivity (Wildman–Crippen MR) is 138 cm³/mol. The number of pyridine rings is 3. The summed E-state index contributed by atoms with van der Waals surface area (Å²) < 4.78 is 0. The lowest BCUT2D eigenvalue weighted by Crippen LogP contribution is -1.99. The van der Waals surface area contributed by atoms with E-state index < -0.39 is 0 Å². The number of aromatic hydroxyl groups is 3. The fraction of sp³-hybridized carbons (Fsp3) is 0.111. The van der Waals surface area contributed by atoms with Crippen LogP contribution in [0.5, 0.6) is 17.2 Å². The Balaban J connectivity index is 1.67. The summed E-state index contributed by atoms with van der Waals surface area (Å²) in [6.45, 7) is 0.729. The van der Waals surface area contributed by atoms with Crippen molar-refractivity contribution in [3.63, 3.8) is 0 Å². The molecule has 0 saturated carbocycles. The summed E-state index contributed by atoms with van der Waals surface area (Å²) in [5, 5.41) is 32.7. The second-order valence-corrected chi connectivity index (χ2v) is 7.66. The molecule has 0 spiro atoms. The van der Waals surface area contributed by atoms with Crippen molar-refractivity contribution in [2.45, 2.75) is 19.6 Å². The molecule has 0 unspecified atom stereocenters. The Morgan fingerprint density at radius 1 is 0.500 bits per heavy atom. The fourth-order valence-corrected chi connectivity index (χ4v) is 3.30. The highest BCUT2D eigenvalue weighted by molar-refractivity contribution is 6.03. The second-order valence-electron chi connectivity index (χ2n) is 7.66. The van der Waals surface area contributed by atoms with Crippen LogP contribution in [0.1, 0.15) is 33.8 Å². The van der Waals surface area contributed by atoms with Gasteiger partial charge in [-0.25, -0.2) is 0 Å². The zero-order valence-electron chi connectivity index (χ0n) is 19.3. The highest BCUT2D eigenvalue weighted by atomic mass is 16.3. The minimum atomic E-state index is -0.360. The molecule has 3 aromatic heterocycles. The molecule has 9 heteroatoms. The molecule has 1 aromatic carbocycles. The Kier molecular flexibility index (Phi) is 8.06. The average Bonchev–Trinajstić information content (AvgIpc) is 2.92. The summed E-state index contributed by atoms with van der Waals surface area (Å²) in [6.07, 6.45) is 8.99. The molecule has 3 N–H and O–H groups in total. The largest absolute Gasteiger partial charge is 0.506 e. The number of rotatable bonds is 9. The molecule has 3 heterocycles. The quantitative estimate of drug-likeness (QED) is 0.311. The van der Waals surface area contributed by atoms with E-state index in [1.54, 1.807) is 36.8 Å². The number of hydrogen-bond acceptors (Lipinski definition) is 9. The van der Waals surface area contributed by atoms with E-state index in [4.69, 9.17) is 0 Å². The first kappa shape index (κ1) is 24.2. The molecule has 4 rings (SSSR count). The molecule has 0 fully saturated rings. The molecule has 0 atom stereocenters. The summed E-state index contributed by atoms with van der Waals surface area (Å²) in [7, 11) is 0. The van der Waals surface area contributed by atoms with Crippen LogP contribution in [-0.2, 0) is 19.6 Å². The summed E-state index contributed by atoms with van der Waals surface area (Å²) >= 11 is 0. The minimum Gasteiger partial charge on any atom is -0.506 e. The van der Waals surface area contributed by atoms with Crippen LogP contribution in [0.4, 0.5) is 0 Å². The van der Waals surface area contributed by atoms with Gasteiger partial charge in [-0.05, 0) is 36.4 Å². The molecule has 0 radical (unpaired) electrons. The van der Waals surface area contributed by atoms with Crippen molar-refractivity contribution in [3.8, 4) is 17.2 Å². The van der Waals surface area contributed by atoms with Crippen molar-refractivity contribution in [2.24, 2.45) is 15.0 Å². The number of aliphatic imine (C=N–C) groups is 3. The van der Waals surface area contributed by atoms with Gasteiger partial charge in [-0.2, -0.15) is 0 Å². The van der Waals surface area contributed by atoms with E-state index >= 15 is 0 Å². The van der Waals surface area contributed by atoms with Gasteiger partial charge in [0, 0.05) is 37.2 Å².